The van der Waals surface area contributed by atoms with E-state index in [1.54, 1.807) is 0 Å². The zero-order valence-corrected chi connectivity index (χ0v) is 9.74. The van der Waals surface area contributed by atoms with E-state index < -0.39 is 6.10 Å². The highest BCUT2D eigenvalue weighted by Crippen LogP contribution is 2.16. The fraction of sp³-hybridized carbons (Fsp3) is 0.273. The second kappa shape index (κ2) is 5.05. The van der Waals surface area contributed by atoms with Crippen molar-refractivity contribution in [3.8, 4) is 0 Å². The van der Waals surface area contributed by atoms with Crippen LogP contribution in [-0.4, -0.2) is 21.8 Å². The van der Waals surface area contributed by atoms with E-state index >= 15 is 0 Å². The van der Waals surface area contributed by atoms with E-state index in [1.165, 1.54) is 11.3 Å². The zero-order chi connectivity index (χ0) is 11.4. The summed E-state index contributed by atoms with van der Waals surface area (Å²) in [7, 11) is 0. The van der Waals surface area contributed by atoms with Crippen LogP contribution in [0.2, 0.25) is 0 Å². The quantitative estimate of drug-likeness (QED) is 0.851. The van der Waals surface area contributed by atoms with Gasteiger partial charge in [0.05, 0.1) is 6.10 Å². The summed E-state index contributed by atoms with van der Waals surface area (Å²) in [6.07, 6.45) is -0.523. The van der Waals surface area contributed by atoms with Gasteiger partial charge in [-0.05, 0) is 12.5 Å². The molecule has 16 heavy (non-hydrogen) atoms. The molecule has 1 aromatic carbocycles. The molecule has 5 heteroatoms. The Bertz CT molecular complexity index is 444. The molecule has 0 saturated carbocycles. The number of anilines is 1. The summed E-state index contributed by atoms with van der Waals surface area (Å²) in [6, 6.07) is 9.55. The second-order valence-corrected chi connectivity index (χ2v) is 4.62. The molecule has 2 aromatic rings. The highest BCUT2D eigenvalue weighted by atomic mass is 32.1. The molecule has 1 atom stereocenters. The third kappa shape index (κ3) is 2.77. The number of hydrogen-bond donors (Lipinski definition) is 2. The van der Waals surface area contributed by atoms with Crippen molar-refractivity contribution in [1.82, 2.24) is 10.2 Å². The molecule has 0 bridgehead atoms. The van der Waals surface area contributed by atoms with E-state index in [4.69, 9.17) is 0 Å². The molecular weight excluding hydrogens is 222 g/mol. The lowest BCUT2D eigenvalue weighted by atomic mass is 10.1. The summed E-state index contributed by atoms with van der Waals surface area (Å²) >= 11 is 1.48. The van der Waals surface area contributed by atoms with Crippen LogP contribution in [0.3, 0.4) is 0 Å². The van der Waals surface area contributed by atoms with Crippen molar-refractivity contribution in [3.05, 3.63) is 40.9 Å². The van der Waals surface area contributed by atoms with E-state index in [0.29, 0.717) is 6.54 Å². The molecule has 1 unspecified atom stereocenters. The molecule has 0 aliphatic carbocycles. The number of rotatable bonds is 4. The lowest BCUT2D eigenvalue weighted by Gasteiger charge is -2.10. The molecule has 4 nitrogen and oxygen atoms in total. The number of aliphatic hydroxyl groups excluding tert-OH is 1. The molecule has 0 radical (unpaired) electrons. The van der Waals surface area contributed by atoms with E-state index in [0.717, 1.165) is 15.7 Å². The zero-order valence-electron chi connectivity index (χ0n) is 8.92. The number of aliphatic hydroxyl groups is 1. The summed E-state index contributed by atoms with van der Waals surface area (Å²) in [5.74, 6) is 0. The van der Waals surface area contributed by atoms with Crippen molar-refractivity contribution in [2.75, 3.05) is 11.9 Å². The molecular formula is C11H13N3OS. The maximum atomic E-state index is 9.88. The highest BCUT2D eigenvalue weighted by molar-refractivity contribution is 7.15. The van der Waals surface area contributed by atoms with Gasteiger partial charge in [-0.3, -0.25) is 0 Å². The van der Waals surface area contributed by atoms with Gasteiger partial charge >= 0.3 is 0 Å². The van der Waals surface area contributed by atoms with E-state index in [1.807, 2.05) is 37.3 Å². The van der Waals surface area contributed by atoms with Crippen molar-refractivity contribution < 1.29 is 5.11 Å². The molecule has 2 N–H and O–H groups in total. The molecule has 0 saturated heterocycles. The molecule has 0 amide bonds. The van der Waals surface area contributed by atoms with Gasteiger partial charge in [0.2, 0.25) is 5.13 Å². The predicted molar refractivity (Wildman–Crippen MR) is 64.5 cm³/mol. The Morgan fingerprint density at radius 1 is 1.31 bits per heavy atom. The number of aryl methyl sites for hydroxylation is 1. The molecule has 0 aliphatic rings. The number of hydrogen-bond acceptors (Lipinski definition) is 5. The van der Waals surface area contributed by atoms with Gasteiger partial charge in [-0.2, -0.15) is 0 Å². The average Bonchev–Trinajstić information content (AvgIpc) is 2.73. The molecule has 84 valence electrons. The largest absolute Gasteiger partial charge is 0.387 e. The first kappa shape index (κ1) is 11.0. The molecule has 1 aromatic heterocycles. The van der Waals surface area contributed by atoms with Crippen molar-refractivity contribution in [1.29, 1.82) is 0 Å². The van der Waals surface area contributed by atoms with E-state index in [-0.39, 0.29) is 0 Å². The minimum atomic E-state index is -0.523. The minimum Gasteiger partial charge on any atom is -0.387 e. The van der Waals surface area contributed by atoms with Gasteiger partial charge in [-0.15, -0.1) is 10.2 Å². The maximum absolute atomic E-state index is 9.88. The molecule has 2 rings (SSSR count). The van der Waals surface area contributed by atoms with Gasteiger partial charge < -0.3 is 10.4 Å². The lowest BCUT2D eigenvalue weighted by molar-refractivity contribution is 0.191. The van der Waals surface area contributed by atoms with Crippen LogP contribution >= 0.6 is 11.3 Å². The van der Waals surface area contributed by atoms with Gasteiger partial charge in [0, 0.05) is 6.54 Å². The predicted octanol–water partition coefficient (Wildman–Crippen LogP) is 1.99. The normalized spacial score (nSPS) is 12.4. The monoisotopic (exact) mass is 235 g/mol. The molecule has 1 heterocycles. The van der Waals surface area contributed by atoms with Crippen molar-refractivity contribution in [3.63, 3.8) is 0 Å². The summed E-state index contributed by atoms with van der Waals surface area (Å²) in [5.41, 5.74) is 0.899. The SMILES string of the molecule is Cc1nnc(NCC(O)c2ccccc2)s1. The van der Waals surface area contributed by atoms with E-state index in [2.05, 4.69) is 15.5 Å². The van der Waals surface area contributed by atoms with Crippen LogP contribution in [0.25, 0.3) is 0 Å². The summed E-state index contributed by atoms with van der Waals surface area (Å²) < 4.78 is 0. The van der Waals surface area contributed by atoms with Crippen LogP contribution in [0, 0.1) is 6.92 Å². The summed E-state index contributed by atoms with van der Waals surface area (Å²) in [4.78, 5) is 0. The second-order valence-electron chi connectivity index (χ2n) is 3.43. The summed E-state index contributed by atoms with van der Waals surface area (Å²) in [5, 5.41) is 22.4. The van der Waals surface area contributed by atoms with Crippen LogP contribution in [0.5, 0.6) is 0 Å². The van der Waals surface area contributed by atoms with Gasteiger partial charge in [-0.25, -0.2) is 0 Å². The Morgan fingerprint density at radius 2 is 2.06 bits per heavy atom. The third-order valence-corrected chi connectivity index (χ3v) is 2.95. The molecule has 0 spiro atoms. The van der Waals surface area contributed by atoms with Crippen LogP contribution in [0.4, 0.5) is 5.13 Å². The van der Waals surface area contributed by atoms with Gasteiger partial charge in [0.15, 0.2) is 0 Å². The minimum absolute atomic E-state index is 0.443. The van der Waals surface area contributed by atoms with Crippen LogP contribution in [0.1, 0.15) is 16.7 Å². The Kier molecular flexibility index (Phi) is 3.48. The lowest BCUT2D eigenvalue weighted by Crippen LogP contribution is -2.11. The fourth-order valence-electron chi connectivity index (χ4n) is 1.35. The van der Waals surface area contributed by atoms with Crippen molar-refractivity contribution in [2.45, 2.75) is 13.0 Å². The van der Waals surface area contributed by atoms with Crippen molar-refractivity contribution >= 4 is 16.5 Å². The highest BCUT2D eigenvalue weighted by Gasteiger charge is 2.07. The Hall–Kier alpha value is -1.46. The third-order valence-electron chi connectivity index (χ3n) is 2.16. The van der Waals surface area contributed by atoms with Crippen LogP contribution in [0.15, 0.2) is 30.3 Å². The van der Waals surface area contributed by atoms with Crippen LogP contribution < -0.4 is 5.32 Å². The number of aromatic nitrogens is 2. The standard InChI is InChI=1S/C11H13N3OS/c1-8-13-14-11(16-8)12-7-10(15)9-5-3-2-4-6-9/h2-6,10,15H,7H2,1H3,(H,12,14). The number of nitrogens with one attached hydrogen (secondary N) is 1. The van der Waals surface area contributed by atoms with Gasteiger partial charge in [-0.1, -0.05) is 41.7 Å². The van der Waals surface area contributed by atoms with Gasteiger partial charge in [0.1, 0.15) is 5.01 Å². The number of benzene rings is 1. The van der Waals surface area contributed by atoms with Crippen LogP contribution in [-0.2, 0) is 0 Å². The van der Waals surface area contributed by atoms with Gasteiger partial charge in [0.25, 0.3) is 0 Å². The smallest absolute Gasteiger partial charge is 0.205 e. The first-order valence-electron chi connectivity index (χ1n) is 5.02. The summed E-state index contributed by atoms with van der Waals surface area (Å²) in [6.45, 7) is 2.34. The first-order chi connectivity index (χ1) is 7.75. The Morgan fingerprint density at radius 3 is 2.69 bits per heavy atom. The number of nitrogens with zero attached hydrogens (tertiary/aromatic N) is 2. The molecule has 0 aliphatic heterocycles. The maximum Gasteiger partial charge on any atom is 0.205 e. The Balaban J connectivity index is 1.91. The fourth-order valence-corrected chi connectivity index (χ4v) is 1.94. The topological polar surface area (TPSA) is 58.0 Å². The first-order valence-corrected chi connectivity index (χ1v) is 5.84. The van der Waals surface area contributed by atoms with Crippen molar-refractivity contribution in [2.24, 2.45) is 0 Å². The Labute approximate surface area is 98.0 Å². The molecule has 0 fully saturated rings. The average molecular weight is 235 g/mol. The van der Waals surface area contributed by atoms with E-state index in [9.17, 15) is 5.11 Å².